The van der Waals surface area contributed by atoms with Crippen LogP contribution in [-0.4, -0.2) is 22.1 Å². The highest BCUT2D eigenvalue weighted by molar-refractivity contribution is 7.95. The zero-order valence-electron chi connectivity index (χ0n) is 12.4. The fourth-order valence-corrected chi connectivity index (χ4v) is 3.88. The van der Waals surface area contributed by atoms with Crippen LogP contribution >= 0.6 is 0 Å². The summed E-state index contributed by atoms with van der Waals surface area (Å²) in [5.41, 5.74) is 1.75. The number of rotatable bonds is 4. The monoisotopic (exact) mass is 316 g/mol. The molecule has 0 radical (unpaired) electrons. The van der Waals surface area contributed by atoms with Gasteiger partial charge in [-0.1, -0.05) is 29.8 Å². The molecule has 0 saturated carbocycles. The quantitative estimate of drug-likeness (QED) is 0.869. The van der Waals surface area contributed by atoms with Gasteiger partial charge in [-0.15, -0.1) is 0 Å². The zero-order valence-corrected chi connectivity index (χ0v) is 13.2. The maximum atomic E-state index is 12.5. The first kappa shape index (κ1) is 14.7. The van der Waals surface area contributed by atoms with Crippen LogP contribution in [0.2, 0.25) is 0 Å². The van der Waals surface area contributed by atoms with Gasteiger partial charge in [0, 0.05) is 0 Å². The number of hydrogen-bond acceptors (Lipinski definition) is 4. The lowest BCUT2D eigenvalue weighted by Crippen LogP contribution is -2.09. The summed E-state index contributed by atoms with van der Waals surface area (Å²) in [6.45, 7) is 1.92. The third kappa shape index (κ3) is 2.48. The lowest BCUT2D eigenvalue weighted by Gasteiger charge is -2.10. The highest BCUT2D eigenvalue weighted by Gasteiger charge is 2.29. The van der Waals surface area contributed by atoms with Gasteiger partial charge in [-0.25, -0.2) is 8.42 Å². The molecule has 3 rings (SSSR count). The molecule has 0 spiro atoms. The molecule has 4 nitrogen and oxygen atoms in total. The molecule has 1 aliphatic rings. The number of benzene rings is 2. The Morgan fingerprint density at radius 3 is 2.50 bits per heavy atom. The van der Waals surface area contributed by atoms with Crippen molar-refractivity contribution >= 4 is 15.9 Å². The number of hydrogen-bond donors (Lipinski definition) is 0. The van der Waals surface area contributed by atoms with Crippen LogP contribution in [0.5, 0.6) is 11.5 Å². The molecule has 1 heterocycles. The van der Waals surface area contributed by atoms with Gasteiger partial charge in [0.15, 0.2) is 11.5 Å². The van der Waals surface area contributed by atoms with E-state index in [1.165, 1.54) is 0 Å². The molecule has 0 unspecified atom stereocenters. The molecule has 0 atom stereocenters. The minimum atomic E-state index is -3.46. The van der Waals surface area contributed by atoms with E-state index in [-0.39, 0.29) is 11.5 Å². The molecular formula is C17H16O4S. The van der Waals surface area contributed by atoms with E-state index >= 15 is 0 Å². The van der Waals surface area contributed by atoms with Crippen LogP contribution in [0.1, 0.15) is 11.1 Å². The molecular weight excluding hydrogens is 300 g/mol. The summed E-state index contributed by atoms with van der Waals surface area (Å²) in [4.78, 5) is 0.607. The maximum Gasteiger partial charge on any atom is 0.206 e. The normalized spacial score (nSPS) is 15.1. The van der Waals surface area contributed by atoms with E-state index < -0.39 is 9.84 Å². The van der Waals surface area contributed by atoms with Gasteiger partial charge < -0.3 is 9.47 Å². The minimum Gasteiger partial charge on any atom is -0.493 e. The Bertz CT molecular complexity index is 851. The molecule has 0 aliphatic carbocycles. The zero-order chi connectivity index (χ0) is 15.7. The van der Waals surface area contributed by atoms with Gasteiger partial charge in [-0.3, -0.25) is 0 Å². The molecule has 0 aromatic heterocycles. The highest BCUT2D eigenvalue weighted by atomic mass is 32.2. The lowest BCUT2D eigenvalue weighted by molar-refractivity contribution is 0.324. The van der Waals surface area contributed by atoms with Crippen molar-refractivity contribution in [2.75, 3.05) is 13.7 Å². The van der Waals surface area contributed by atoms with E-state index in [0.29, 0.717) is 16.4 Å². The smallest absolute Gasteiger partial charge is 0.206 e. The fraction of sp³-hybridized carbons (Fsp3) is 0.176. The lowest BCUT2D eigenvalue weighted by atomic mass is 10.1. The maximum absolute atomic E-state index is 12.5. The van der Waals surface area contributed by atoms with E-state index in [1.54, 1.807) is 37.5 Å². The van der Waals surface area contributed by atoms with Gasteiger partial charge in [0.05, 0.1) is 16.9 Å². The van der Waals surface area contributed by atoms with Crippen molar-refractivity contribution in [1.29, 1.82) is 0 Å². The molecule has 2 aromatic rings. The molecule has 0 fully saturated rings. The molecule has 0 N–H and O–H groups in total. The third-order valence-electron chi connectivity index (χ3n) is 3.56. The number of aryl methyl sites for hydroxylation is 1. The van der Waals surface area contributed by atoms with Crippen LogP contribution in [-0.2, 0) is 9.84 Å². The average Bonchev–Trinajstić information content (AvgIpc) is 2.75. The SMILES string of the molecule is COc1ccccc1OCC1=Cc2cc(C)ccc2S1(=O)=O. The molecule has 1 aliphatic heterocycles. The van der Waals surface area contributed by atoms with Crippen molar-refractivity contribution in [1.82, 2.24) is 0 Å². The summed E-state index contributed by atoms with van der Waals surface area (Å²) in [6, 6.07) is 12.5. The number of sulfone groups is 1. The van der Waals surface area contributed by atoms with E-state index in [9.17, 15) is 8.42 Å². The van der Waals surface area contributed by atoms with Crippen molar-refractivity contribution in [3.05, 3.63) is 58.5 Å². The first-order valence-corrected chi connectivity index (χ1v) is 8.33. The summed E-state index contributed by atoms with van der Waals surface area (Å²) in [7, 11) is -1.91. The minimum absolute atomic E-state index is 0.0174. The van der Waals surface area contributed by atoms with Crippen molar-refractivity contribution in [3.63, 3.8) is 0 Å². The number of para-hydroxylation sites is 2. The first-order chi connectivity index (χ1) is 10.5. The molecule has 22 heavy (non-hydrogen) atoms. The summed E-state index contributed by atoms with van der Waals surface area (Å²) < 4.78 is 35.8. The van der Waals surface area contributed by atoms with Gasteiger partial charge in [0.2, 0.25) is 9.84 Å². The molecule has 114 valence electrons. The Hall–Kier alpha value is -2.27. The van der Waals surface area contributed by atoms with Gasteiger partial charge in [-0.05, 0) is 36.8 Å². The Balaban J connectivity index is 1.87. The van der Waals surface area contributed by atoms with Crippen LogP contribution in [0.25, 0.3) is 6.08 Å². The van der Waals surface area contributed by atoms with Gasteiger partial charge in [-0.2, -0.15) is 0 Å². The number of fused-ring (bicyclic) bond motifs is 1. The molecule has 0 amide bonds. The van der Waals surface area contributed by atoms with Gasteiger partial charge in [0.25, 0.3) is 0 Å². The van der Waals surface area contributed by atoms with Crippen molar-refractivity contribution in [2.45, 2.75) is 11.8 Å². The van der Waals surface area contributed by atoms with E-state index in [0.717, 1.165) is 11.1 Å². The van der Waals surface area contributed by atoms with Gasteiger partial charge in [0.1, 0.15) is 6.61 Å². The highest BCUT2D eigenvalue weighted by Crippen LogP contribution is 2.34. The Morgan fingerprint density at radius 1 is 1.05 bits per heavy atom. The fourth-order valence-electron chi connectivity index (χ4n) is 2.42. The standard InChI is InChI=1S/C17H16O4S/c1-12-7-8-17-13(9-12)10-14(22(17,18)19)11-21-16-6-4-3-5-15(16)20-2/h3-10H,11H2,1-2H3. The van der Waals surface area contributed by atoms with Crippen molar-refractivity contribution in [3.8, 4) is 11.5 Å². The Labute approximate surface area is 129 Å². The second-order valence-electron chi connectivity index (χ2n) is 5.09. The van der Waals surface area contributed by atoms with Crippen molar-refractivity contribution < 1.29 is 17.9 Å². The van der Waals surface area contributed by atoms with E-state index in [4.69, 9.17) is 9.47 Å². The third-order valence-corrected chi connectivity index (χ3v) is 5.43. The van der Waals surface area contributed by atoms with E-state index in [2.05, 4.69) is 0 Å². The first-order valence-electron chi connectivity index (χ1n) is 6.84. The average molecular weight is 316 g/mol. The molecule has 0 bridgehead atoms. The molecule has 0 saturated heterocycles. The largest absolute Gasteiger partial charge is 0.493 e. The predicted molar refractivity (Wildman–Crippen MR) is 84.8 cm³/mol. The predicted octanol–water partition coefficient (Wildman–Crippen LogP) is 3.21. The summed E-state index contributed by atoms with van der Waals surface area (Å²) in [6.07, 6.45) is 1.67. The van der Waals surface area contributed by atoms with Gasteiger partial charge >= 0.3 is 0 Å². The van der Waals surface area contributed by atoms with Crippen LogP contribution in [0.4, 0.5) is 0 Å². The summed E-state index contributed by atoms with van der Waals surface area (Å²) in [5, 5.41) is 0. The van der Waals surface area contributed by atoms with E-state index in [1.807, 2.05) is 25.1 Å². The second kappa shape index (κ2) is 5.50. The number of methoxy groups -OCH3 is 1. The Morgan fingerprint density at radius 2 is 1.77 bits per heavy atom. The number of ether oxygens (including phenoxy) is 2. The summed E-state index contributed by atoms with van der Waals surface area (Å²) >= 11 is 0. The second-order valence-corrected chi connectivity index (χ2v) is 7.07. The molecule has 5 heteroatoms. The van der Waals surface area contributed by atoms with Crippen LogP contribution in [0.3, 0.4) is 0 Å². The molecule has 2 aromatic carbocycles. The van der Waals surface area contributed by atoms with Crippen LogP contribution in [0, 0.1) is 6.92 Å². The topological polar surface area (TPSA) is 52.6 Å². The van der Waals surface area contributed by atoms with Crippen LogP contribution in [0.15, 0.2) is 52.3 Å². The van der Waals surface area contributed by atoms with Crippen molar-refractivity contribution in [2.24, 2.45) is 0 Å². The van der Waals surface area contributed by atoms with Crippen LogP contribution < -0.4 is 9.47 Å². The summed E-state index contributed by atoms with van der Waals surface area (Å²) in [5.74, 6) is 1.10. The Kier molecular flexibility index (Phi) is 3.66.